The van der Waals surface area contributed by atoms with E-state index in [0.29, 0.717) is 28.8 Å². The summed E-state index contributed by atoms with van der Waals surface area (Å²) in [6.45, 7) is 1.54. The van der Waals surface area contributed by atoms with Crippen LogP contribution in [0.4, 0.5) is 17.5 Å². The summed E-state index contributed by atoms with van der Waals surface area (Å²) < 4.78 is 6.38. The van der Waals surface area contributed by atoms with Gasteiger partial charge in [0.1, 0.15) is 17.4 Å². The Hall–Kier alpha value is -2.32. The smallest absolute Gasteiger partial charge is 0.223 e. The van der Waals surface area contributed by atoms with Crippen LogP contribution < -0.4 is 10.6 Å². The summed E-state index contributed by atoms with van der Waals surface area (Å²) in [5.41, 5.74) is 2.31. The van der Waals surface area contributed by atoms with Crippen LogP contribution >= 0.6 is 15.9 Å². The van der Waals surface area contributed by atoms with E-state index >= 15 is 0 Å². The zero-order valence-corrected chi connectivity index (χ0v) is 15.0. The molecule has 8 heteroatoms. The van der Waals surface area contributed by atoms with E-state index in [9.17, 15) is 0 Å². The predicted octanol–water partition coefficient (Wildman–Crippen LogP) is 3.52. The third-order valence-electron chi connectivity index (χ3n) is 4.02. The van der Waals surface area contributed by atoms with Crippen LogP contribution in [-0.4, -0.2) is 39.2 Å². The highest BCUT2D eigenvalue weighted by Crippen LogP contribution is 2.24. The van der Waals surface area contributed by atoms with E-state index in [1.807, 2.05) is 24.3 Å². The molecule has 0 saturated carbocycles. The molecule has 128 valence electrons. The van der Waals surface area contributed by atoms with Crippen LogP contribution in [0.25, 0.3) is 11.0 Å². The van der Waals surface area contributed by atoms with E-state index in [4.69, 9.17) is 4.74 Å². The van der Waals surface area contributed by atoms with Gasteiger partial charge in [0.15, 0.2) is 5.82 Å². The Bertz CT molecular complexity index is 884. The van der Waals surface area contributed by atoms with Crippen molar-refractivity contribution in [1.29, 1.82) is 0 Å². The number of hydrogen-bond donors (Lipinski definition) is 2. The standard InChI is InChI=1S/C17H17BrN6O/c18-11-2-1-3-13(8-11)22-16-15-14(20-10-21-16)9-19-17(24-15)23-12-4-6-25-7-5-12/h1-3,8-10,12H,4-7H2,(H,19,23,24)(H,20,21,22). The van der Waals surface area contributed by atoms with E-state index in [2.05, 4.69) is 46.5 Å². The number of nitrogens with zero attached hydrogens (tertiary/aromatic N) is 4. The summed E-state index contributed by atoms with van der Waals surface area (Å²) in [5, 5.41) is 6.68. The lowest BCUT2D eigenvalue weighted by molar-refractivity contribution is 0.0903. The third-order valence-corrected chi connectivity index (χ3v) is 4.51. The van der Waals surface area contributed by atoms with Crippen LogP contribution in [0, 0.1) is 0 Å². The molecule has 2 N–H and O–H groups in total. The van der Waals surface area contributed by atoms with Crippen LogP contribution in [0.2, 0.25) is 0 Å². The normalized spacial score (nSPS) is 15.2. The molecule has 1 saturated heterocycles. The molecule has 2 aromatic heterocycles. The summed E-state index contributed by atoms with van der Waals surface area (Å²) in [5.74, 6) is 1.24. The molecule has 0 amide bonds. The Morgan fingerprint density at radius 3 is 2.84 bits per heavy atom. The van der Waals surface area contributed by atoms with Crippen molar-refractivity contribution in [1.82, 2.24) is 19.9 Å². The molecule has 0 aliphatic carbocycles. The molecule has 0 spiro atoms. The molecule has 1 aromatic carbocycles. The third kappa shape index (κ3) is 3.85. The topological polar surface area (TPSA) is 84.9 Å². The van der Waals surface area contributed by atoms with Gasteiger partial charge in [-0.25, -0.2) is 19.9 Å². The van der Waals surface area contributed by atoms with Crippen molar-refractivity contribution in [3.8, 4) is 0 Å². The van der Waals surface area contributed by atoms with Gasteiger partial charge in [0.2, 0.25) is 5.95 Å². The summed E-state index contributed by atoms with van der Waals surface area (Å²) in [4.78, 5) is 17.6. The fraction of sp³-hybridized carbons (Fsp3) is 0.294. The fourth-order valence-electron chi connectivity index (χ4n) is 2.74. The largest absolute Gasteiger partial charge is 0.381 e. The quantitative estimate of drug-likeness (QED) is 0.692. The van der Waals surface area contributed by atoms with Gasteiger partial charge in [-0.3, -0.25) is 0 Å². The fourth-order valence-corrected chi connectivity index (χ4v) is 3.14. The molecular weight excluding hydrogens is 384 g/mol. The molecule has 0 atom stereocenters. The lowest BCUT2D eigenvalue weighted by Crippen LogP contribution is -2.28. The maximum absolute atomic E-state index is 5.39. The van der Waals surface area contributed by atoms with Crippen LogP contribution in [0.5, 0.6) is 0 Å². The van der Waals surface area contributed by atoms with Crippen molar-refractivity contribution in [2.75, 3.05) is 23.8 Å². The monoisotopic (exact) mass is 400 g/mol. The Morgan fingerprint density at radius 2 is 2.00 bits per heavy atom. The molecule has 1 fully saturated rings. The number of ether oxygens (including phenoxy) is 1. The highest BCUT2D eigenvalue weighted by Gasteiger charge is 2.15. The Balaban J connectivity index is 1.63. The Labute approximate surface area is 153 Å². The van der Waals surface area contributed by atoms with Crippen LogP contribution in [-0.2, 0) is 4.74 Å². The lowest BCUT2D eigenvalue weighted by atomic mass is 10.1. The minimum Gasteiger partial charge on any atom is -0.381 e. The minimum absolute atomic E-state index is 0.331. The van der Waals surface area contributed by atoms with Gasteiger partial charge in [-0.2, -0.15) is 0 Å². The molecule has 1 aliphatic heterocycles. The molecule has 7 nitrogen and oxygen atoms in total. The van der Waals surface area contributed by atoms with E-state index in [-0.39, 0.29) is 0 Å². The second kappa shape index (κ2) is 7.28. The second-order valence-electron chi connectivity index (χ2n) is 5.82. The van der Waals surface area contributed by atoms with Crippen molar-refractivity contribution in [3.05, 3.63) is 41.3 Å². The van der Waals surface area contributed by atoms with Crippen molar-refractivity contribution in [2.24, 2.45) is 0 Å². The Morgan fingerprint density at radius 1 is 1.12 bits per heavy atom. The van der Waals surface area contributed by atoms with Crippen molar-refractivity contribution < 1.29 is 4.74 Å². The number of nitrogens with one attached hydrogen (secondary N) is 2. The van der Waals surface area contributed by atoms with Gasteiger partial charge < -0.3 is 15.4 Å². The van der Waals surface area contributed by atoms with Gasteiger partial charge in [0.05, 0.1) is 6.20 Å². The number of halogens is 1. The first kappa shape index (κ1) is 16.2. The van der Waals surface area contributed by atoms with E-state index < -0.39 is 0 Å². The van der Waals surface area contributed by atoms with Gasteiger partial charge in [-0.15, -0.1) is 0 Å². The van der Waals surface area contributed by atoms with Crippen molar-refractivity contribution >= 4 is 44.4 Å². The van der Waals surface area contributed by atoms with E-state index in [1.54, 1.807) is 6.20 Å². The van der Waals surface area contributed by atoms with E-state index in [0.717, 1.165) is 36.2 Å². The molecule has 0 bridgehead atoms. The molecule has 3 heterocycles. The minimum atomic E-state index is 0.331. The van der Waals surface area contributed by atoms with Crippen molar-refractivity contribution in [3.63, 3.8) is 0 Å². The van der Waals surface area contributed by atoms with Gasteiger partial charge >= 0.3 is 0 Å². The van der Waals surface area contributed by atoms with Crippen molar-refractivity contribution in [2.45, 2.75) is 18.9 Å². The molecule has 1 aliphatic rings. The van der Waals surface area contributed by atoms with E-state index in [1.165, 1.54) is 6.33 Å². The first-order chi connectivity index (χ1) is 12.3. The van der Waals surface area contributed by atoms with Gasteiger partial charge in [-0.05, 0) is 31.0 Å². The second-order valence-corrected chi connectivity index (χ2v) is 6.73. The first-order valence-electron chi connectivity index (χ1n) is 8.12. The van der Waals surface area contributed by atoms with Crippen LogP contribution in [0.1, 0.15) is 12.8 Å². The van der Waals surface area contributed by atoms with Gasteiger partial charge in [0.25, 0.3) is 0 Å². The summed E-state index contributed by atoms with van der Waals surface area (Å²) >= 11 is 3.47. The molecular formula is C17H17BrN6O. The zero-order chi connectivity index (χ0) is 17.1. The number of hydrogen-bond acceptors (Lipinski definition) is 7. The van der Waals surface area contributed by atoms with Gasteiger partial charge in [-0.1, -0.05) is 22.0 Å². The zero-order valence-electron chi connectivity index (χ0n) is 13.4. The maximum atomic E-state index is 5.39. The molecule has 3 aromatic rings. The first-order valence-corrected chi connectivity index (χ1v) is 8.92. The number of rotatable bonds is 4. The average Bonchev–Trinajstić information content (AvgIpc) is 2.63. The SMILES string of the molecule is Brc1cccc(Nc2ncnc3cnc(NC4CCOCC4)nc23)c1. The number of benzene rings is 1. The predicted molar refractivity (Wildman–Crippen MR) is 100 cm³/mol. The van der Waals surface area contributed by atoms with Crippen LogP contribution in [0.15, 0.2) is 41.3 Å². The number of fused-ring (bicyclic) bond motifs is 1. The average molecular weight is 401 g/mol. The van der Waals surface area contributed by atoms with Crippen LogP contribution in [0.3, 0.4) is 0 Å². The molecule has 4 rings (SSSR count). The Kier molecular flexibility index (Phi) is 4.71. The summed E-state index contributed by atoms with van der Waals surface area (Å²) in [6.07, 6.45) is 5.14. The van der Waals surface area contributed by atoms with Gasteiger partial charge in [0, 0.05) is 29.4 Å². The maximum Gasteiger partial charge on any atom is 0.223 e. The molecule has 0 radical (unpaired) electrons. The number of anilines is 3. The summed E-state index contributed by atoms with van der Waals surface area (Å²) in [6, 6.07) is 8.22. The summed E-state index contributed by atoms with van der Waals surface area (Å²) in [7, 11) is 0. The molecule has 0 unspecified atom stereocenters. The molecule has 25 heavy (non-hydrogen) atoms. The number of aromatic nitrogens is 4. The highest BCUT2D eigenvalue weighted by atomic mass is 79.9. The highest BCUT2D eigenvalue weighted by molar-refractivity contribution is 9.10. The lowest BCUT2D eigenvalue weighted by Gasteiger charge is -2.23.